The highest BCUT2D eigenvalue weighted by Gasteiger charge is 2.39. The van der Waals surface area contributed by atoms with Crippen LogP contribution in [0.5, 0.6) is 0 Å². The zero-order valence-corrected chi connectivity index (χ0v) is 14.9. The van der Waals surface area contributed by atoms with Gasteiger partial charge in [-0.1, -0.05) is 18.2 Å². The normalized spacial score (nSPS) is 21.6. The number of likely N-dealkylation sites (tertiary alicyclic amines) is 1. The molecule has 0 bridgehead atoms. The molecule has 4 heterocycles. The zero-order valence-electron chi connectivity index (χ0n) is 14.9. The first-order valence-electron chi connectivity index (χ1n) is 9.29. The molecule has 1 fully saturated rings. The predicted octanol–water partition coefficient (Wildman–Crippen LogP) is 2.43. The first kappa shape index (κ1) is 16.3. The number of hydrogen-bond donors (Lipinski definition) is 1. The summed E-state index contributed by atoms with van der Waals surface area (Å²) in [6.45, 7) is 3.66. The van der Waals surface area contributed by atoms with Crippen LogP contribution in [0.2, 0.25) is 0 Å². The van der Waals surface area contributed by atoms with Crippen LogP contribution in [0.25, 0.3) is 0 Å². The molecule has 3 aromatic rings. The standard InChI is InChI=1S/C20H21N5O2/c26-20(21-16-5-2-1-3-6-16)19-23-22-18-9-14-10-24(11-15(14)12-25(18)19)13-17-7-4-8-27-17/h1-8,14-15H,9-13H2,(H,21,26)/t14-,15-/m1/s1. The number of hydrogen-bond acceptors (Lipinski definition) is 5. The third-order valence-electron chi connectivity index (χ3n) is 5.54. The maximum absolute atomic E-state index is 12.7. The third kappa shape index (κ3) is 3.14. The second-order valence-corrected chi connectivity index (χ2v) is 7.37. The van der Waals surface area contributed by atoms with Crippen LogP contribution in [0.15, 0.2) is 53.1 Å². The lowest BCUT2D eigenvalue weighted by molar-refractivity contribution is 0.100. The van der Waals surface area contributed by atoms with E-state index in [1.54, 1.807) is 6.26 Å². The van der Waals surface area contributed by atoms with Gasteiger partial charge in [-0.2, -0.15) is 0 Å². The number of para-hydroxylation sites is 1. The molecular weight excluding hydrogens is 342 g/mol. The Kier molecular flexibility index (Phi) is 4.01. The fourth-order valence-electron chi connectivity index (χ4n) is 4.25. The highest BCUT2D eigenvalue weighted by molar-refractivity contribution is 6.01. The van der Waals surface area contributed by atoms with Crippen molar-refractivity contribution in [1.29, 1.82) is 0 Å². The van der Waals surface area contributed by atoms with Gasteiger partial charge < -0.3 is 14.3 Å². The summed E-state index contributed by atoms with van der Waals surface area (Å²) < 4.78 is 7.48. The molecule has 0 spiro atoms. The molecule has 1 amide bonds. The number of aromatic nitrogens is 3. The topological polar surface area (TPSA) is 76.2 Å². The Labute approximate surface area is 157 Å². The van der Waals surface area contributed by atoms with Gasteiger partial charge in [-0.3, -0.25) is 9.69 Å². The Morgan fingerprint density at radius 2 is 1.93 bits per heavy atom. The summed E-state index contributed by atoms with van der Waals surface area (Å²) in [5.74, 6) is 3.17. The van der Waals surface area contributed by atoms with E-state index >= 15 is 0 Å². The number of fused-ring (bicyclic) bond motifs is 2. The van der Waals surface area contributed by atoms with Crippen molar-refractivity contribution in [1.82, 2.24) is 19.7 Å². The molecule has 2 atom stereocenters. The van der Waals surface area contributed by atoms with Gasteiger partial charge >= 0.3 is 0 Å². The van der Waals surface area contributed by atoms with Gasteiger partial charge in [-0.25, -0.2) is 0 Å². The van der Waals surface area contributed by atoms with Crippen molar-refractivity contribution in [3.63, 3.8) is 0 Å². The molecule has 0 unspecified atom stereocenters. The fraction of sp³-hybridized carbons (Fsp3) is 0.350. The van der Waals surface area contributed by atoms with Crippen LogP contribution in [0.1, 0.15) is 22.2 Å². The summed E-state index contributed by atoms with van der Waals surface area (Å²) in [5, 5.41) is 11.4. The van der Waals surface area contributed by atoms with Crippen LogP contribution in [0, 0.1) is 11.8 Å². The molecule has 7 heteroatoms. The summed E-state index contributed by atoms with van der Waals surface area (Å²) in [5.41, 5.74) is 0.763. The molecule has 1 saturated heterocycles. The number of carbonyl (C=O) groups excluding carboxylic acids is 1. The van der Waals surface area contributed by atoms with Gasteiger partial charge in [0.1, 0.15) is 11.6 Å². The number of rotatable bonds is 4. The maximum atomic E-state index is 12.7. The Balaban J connectivity index is 1.30. The third-order valence-corrected chi connectivity index (χ3v) is 5.54. The minimum atomic E-state index is -0.205. The molecule has 2 aromatic heterocycles. The van der Waals surface area contributed by atoms with Crippen molar-refractivity contribution in [2.24, 2.45) is 11.8 Å². The van der Waals surface area contributed by atoms with E-state index in [9.17, 15) is 4.79 Å². The van der Waals surface area contributed by atoms with E-state index in [1.165, 1.54) is 0 Å². The number of anilines is 1. The number of benzene rings is 1. The monoisotopic (exact) mass is 363 g/mol. The lowest BCUT2D eigenvalue weighted by Crippen LogP contribution is -2.31. The summed E-state index contributed by atoms with van der Waals surface area (Å²) in [7, 11) is 0. The SMILES string of the molecule is O=C(Nc1ccccc1)c1nnc2n1C[C@H]1CN(Cc3ccco3)C[C@H]1C2. The predicted molar refractivity (Wildman–Crippen MR) is 99.1 cm³/mol. The number of nitrogens with one attached hydrogen (secondary N) is 1. The van der Waals surface area contributed by atoms with Gasteiger partial charge in [0.15, 0.2) is 0 Å². The Bertz CT molecular complexity index is 935. The number of amides is 1. The lowest BCUT2D eigenvalue weighted by Gasteiger charge is -2.25. The number of carbonyl (C=O) groups is 1. The van der Waals surface area contributed by atoms with Crippen LogP contribution < -0.4 is 5.32 Å². The minimum absolute atomic E-state index is 0.205. The van der Waals surface area contributed by atoms with Crippen molar-refractivity contribution >= 4 is 11.6 Å². The fourth-order valence-corrected chi connectivity index (χ4v) is 4.25. The summed E-state index contributed by atoms with van der Waals surface area (Å²) in [6.07, 6.45) is 2.59. The lowest BCUT2D eigenvalue weighted by atomic mass is 9.89. The highest BCUT2D eigenvalue weighted by Crippen LogP contribution is 2.33. The van der Waals surface area contributed by atoms with Gasteiger partial charge in [0.2, 0.25) is 5.82 Å². The molecule has 138 valence electrons. The van der Waals surface area contributed by atoms with Gasteiger partial charge in [0, 0.05) is 31.7 Å². The van der Waals surface area contributed by atoms with Crippen molar-refractivity contribution in [3.8, 4) is 0 Å². The highest BCUT2D eigenvalue weighted by atomic mass is 16.3. The molecule has 1 aromatic carbocycles. The molecule has 1 N–H and O–H groups in total. The van der Waals surface area contributed by atoms with E-state index in [0.717, 1.165) is 49.9 Å². The quantitative estimate of drug-likeness (QED) is 0.770. The van der Waals surface area contributed by atoms with E-state index in [4.69, 9.17) is 4.42 Å². The van der Waals surface area contributed by atoms with Crippen molar-refractivity contribution < 1.29 is 9.21 Å². The average Bonchev–Trinajstić information content (AvgIpc) is 3.40. The van der Waals surface area contributed by atoms with Crippen molar-refractivity contribution in [2.45, 2.75) is 19.5 Å². The van der Waals surface area contributed by atoms with Gasteiger partial charge in [0.25, 0.3) is 5.91 Å². The first-order valence-corrected chi connectivity index (χ1v) is 9.29. The number of nitrogens with zero attached hydrogens (tertiary/aromatic N) is 4. The van der Waals surface area contributed by atoms with Crippen LogP contribution in [-0.4, -0.2) is 38.7 Å². The Hall–Kier alpha value is -2.93. The summed E-state index contributed by atoms with van der Waals surface area (Å²) in [6, 6.07) is 13.4. The average molecular weight is 363 g/mol. The molecule has 0 radical (unpaired) electrons. The van der Waals surface area contributed by atoms with Crippen LogP contribution in [0.4, 0.5) is 5.69 Å². The van der Waals surface area contributed by atoms with Crippen molar-refractivity contribution in [2.75, 3.05) is 18.4 Å². The smallest absolute Gasteiger partial charge is 0.293 e. The second-order valence-electron chi connectivity index (χ2n) is 7.37. The van der Waals surface area contributed by atoms with E-state index < -0.39 is 0 Å². The van der Waals surface area contributed by atoms with Gasteiger partial charge in [-0.15, -0.1) is 10.2 Å². The summed E-state index contributed by atoms with van der Waals surface area (Å²) in [4.78, 5) is 15.1. The first-order chi connectivity index (χ1) is 13.3. The van der Waals surface area contributed by atoms with E-state index in [2.05, 4.69) is 20.4 Å². The minimum Gasteiger partial charge on any atom is -0.468 e. The second kappa shape index (κ2) is 6.66. The van der Waals surface area contributed by atoms with Crippen molar-refractivity contribution in [3.05, 3.63) is 66.1 Å². The van der Waals surface area contributed by atoms with E-state index in [-0.39, 0.29) is 5.91 Å². The van der Waals surface area contributed by atoms with E-state index in [0.29, 0.717) is 17.7 Å². The summed E-state index contributed by atoms with van der Waals surface area (Å²) >= 11 is 0. The largest absolute Gasteiger partial charge is 0.468 e. The van der Waals surface area contributed by atoms with Crippen LogP contribution in [0.3, 0.4) is 0 Å². The maximum Gasteiger partial charge on any atom is 0.293 e. The van der Waals surface area contributed by atoms with Crippen LogP contribution >= 0.6 is 0 Å². The Morgan fingerprint density at radius 1 is 1.07 bits per heavy atom. The molecule has 5 rings (SSSR count). The van der Waals surface area contributed by atoms with Crippen LogP contribution in [-0.2, 0) is 19.5 Å². The molecule has 27 heavy (non-hydrogen) atoms. The number of furan rings is 1. The molecule has 2 aliphatic rings. The Morgan fingerprint density at radius 3 is 2.74 bits per heavy atom. The zero-order chi connectivity index (χ0) is 18.2. The van der Waals surface area contributed by atoms with Gasteiger partial charge in [0.05, 0.1) is 12.8 Å². The molecular formula is C20H21N5O2. The molecule has 2 aliphatic heterocycles. The molecule has 0 aliphatic carbocycles. The van der Waals surface area contributed by atoms with E-state index in [1.807, 2.05) is 47.0 Å². The van der Waals surface area contributed by atoms with Gasteiger partial charge in [-0.05, 0) is 36.1 Å². The molecule has 7 nitrogen and oxygen atoms in total. The molecule has 0 saturated carbocycles.